The van der Waals surface area contributed by atoms with Crippen LogP contribution in [0.4, 0.5) is 20.4 Å². The third kappa shape index (κ3) is 3.43. The van der Waals surface area contributed by atoms with Crippen LogP contribution in [0.1, 0.15) is 31.7 Å². The Labute approximate surface area is 146 Å². The number of fused-ring (bicyclic) bond motifs is 1. The summed E-state index contributed by atoms with van der Waals surface area (Å²) in [5.41, 5.74) is 1.28. The van der Waals surface area contributed by atoms with E-state index in [1.165, 1.54) is 12.3 Å². The van der Waals surface area contributed by atoms with Crippen LogP contribution in [0.2, 0.25) is 0 Å². The third-order valence-corrected chi connectivity index (χ3v) is 4.34. The Bertz CT molecular complexity index is 889. The summed E-state index contributed by atoms with van der Waals surface area (Å²) in [6.07, 6.45) is 6.04. The molecule has 0 radical (unpaired) electrons. The Morgan fingerprint density at radius 1 is 1.23 bits per heavy atom. The zero-order chi connectivity index (χ0) is 18.1. The van der Waals surface area contributed by atoms with Gasteiger partial charge in [0, 0.05) is 6.07 Å². The Hall–Kier alpha value is -2.82. The summed E-state index contributed by atoms with van der Waals surface area (Å²) in [6.45, 7) is -2.93. The van der Waals surface area contributed by atoms with Crippen LogP contribution < -0.4 is 10.1 Å². The molecule has 3 heterocycles. The van der Waals surface area contributed by atoms with Gasteiger partial charge in [0.25, 0.3) is 0 Å². The first-order valence-corrected chi connectivity index (χ1v) is 8.24. The molecule has 0 amide bonds. The summed E-state index contributed by atoms with van der Waals surface area (Å²) >= 11 is 0. The van der Waals surface area contributed by atoms with E-state index in [0.717, 1.165) is 25.7 Å². The molecule has 9 nitrogen and oxygen atoms in total. The number of hydrogen-bond donors (Lipinski definition) is 3. The molecule has 0 aromatic carbocycles. The lowest BCUT2D eigenvalue weighted by molar-refractivity contribution is -0.0528. The van der Waals surface area contributed by atoms with E-state index in [4.69, 9.17) is 0 Å². The fourth-order valence-electron chi connectivity index (χ4n) is 3.11. The van der Waals surface area contributed by atoms with Gasteiger partial charge in [-0.05, 0) is 25.7 Å². The number of hydrogen-bond acceptors (Lipinski definition) is 7. The van der Waals surface area contributed by atoms with Gasteiger partial charge < -0.3 is 15.2 Å². The highest BCUT2D eigenvalue weighted by Crippen LogP contribution is 2.30. The Kier molecular flexibility index (Phi) is 4.37. The SMILES string of the molecule is O[C@H]1CC[C@@H](n2ncc3ncc(Nc4cc(OC(F)F)[nH]n4)nc32)CC1. The van der Waals surface area contributed by atoms with Crippen LogP contribution in [0.5, 0.6) is 5.88 Å². The highest BCUT2D eigenvalue weighted by atomic mass is 19.3. The quantitative estimate of drug-likeness (QED) is 0.636. The maximum absolute atomic E-state index is 12.2. The molecule has 0 atom stereocenters. The van der Waals surface area contributed by atoms with Gasteiger partial charge in [0.2, 0.25) is 5.88 Å². The van der Waals surface area contributed by atoms with E-state index < -0.39 is 6.61 Å². The molecule has 138 valence electrons. The maximum atomic E-state index is 12.2. The molecule has 3 aromatic heterocycles. The molecule has 1 fully saturated rings. The molecule has 3 aromatic rings. The number of ether oxygens (including phenoxy) is 1. The van der Waals surface area contributed by atoms with Gasteiger partial charge in [0.05, 0.1) is 24.5 Å². The largest absolute Gasteiger partial charge is 0.417 e. The second-order valence-corrected chi connectivity index (χ2v) is 6.14. The Morgan fingerprint density at radius 2 is 2.04 bits per heavy atom. The number of aliphatic hydroxyl groups excluding tert-OH is 1. The number of alkyl halides is 2. The van der Waals surface area contributed by atoms with Crippen molar-refractivity contribution in [1.82, 2.24) is 29.9 Å². The van der Waals surface area contributed by atoms with Gasteiger partial charge in [-0.1, -0.05) is 0 Å². The standard InChI is InChI=1S/C15H17F2N7O2/c16-15(17)26-13-5-11(22-23-13)20-12-7-18-10-6-19-24(14(10)21-12)8-1-3-9(25)4-2-8/h5-9,15,25H,1-4H2,(H2,20,21,22,23)/t8-,9+. The van der Waals surface area contributed by atoms with Crippen LogP contribution in [0.25, 0.3) is 11.2 Å². The van der Waals surface area contributed by atoms with Crippen LogP contribution >= 0.6 is 0 Å². The van der Waals surface area contributed by atoms with Crippen molar-refractivity contribution in [1.29, 1.82) is 0 Å². The third-order valence-electron chi connectivity index (χ3n) is 4.34. The van der Waals surface area contributed by atoms with E-state index in [1.54, 1.807) is 6.20 Å². The molecular weight excluding hydrogens is 348 g/mol. The number of halogens is 2. The second kappa shape index (κ2) is 6.83. The van der Waals surface area contributed by atoms with Crippen molar-refractivity contribution in [2.24, 2.45) is 0 Å². The number of aromatic amines is 1. The first kappa shape index (κ1) is 16.6. The van der Waals surface area contributed by atoms with Gasteiger partial charge in [-0.2, -0.15) is 19.0 Å². The van der Waals surface area contributed by atoms with Gasteiger partial charge >= 0.3 is 6.61 Å². The summed E-state index contributed by atoms with van der Waals surface area (Å²) in [5.74, 6) is 0.536. The number of rotatable bonds is 5. The van der Waals surface area contributed by atoms with Crippen molar-refractivity contribution < 1.29 is 18.6 Å². The average molecular weight is 365 g/mol. The first-order valence-electron chi connectivity index (χ1n) is 8.24. The predicted octanol–water partition coefficient (Wildman–Crippen LogP) is 2.37. The predicted molar refractivity (Wildman–Crippen MR) is 87.3 cm³/mol. The summed E-state index contributed by atoms with van der Waals surface area (Å²) in [4.78, 5) is 8.83. The van der Waals surface area contributed by atoms with Gasteiger partial charge in [-0.25, -0.2) is 19.7 Å². The van der Waals surface area contributed by atoms with E-state index >= 15 is 0 Å². The van der Waals surface area contributed by atoms with Crippen molar-refractivity contribution in [3.63, 3.8) is 0 Å². The lowest BCUT2D eigenvalue weighted by atomic mass is 9.93. The highest BCUT2D eigenvalue weighted by Gasteiger charge is 2.23. The Morgan fingerprint density at radius 3 is 2.81 bits per heavy atom. The van der Waals surface area contributed by atoms with Crippen molar-refractivity contribution in [3.05, 3.63) is 18.5 Å². The van der Waals surface area contributed by atoms with Crippen LogP contribution in [0.3, 0.4) is 0 Å². The topological polar surface area (TPSA) is 114 Å². The number of aliphatic hydroxyl groups is 1. The molecule has 26 heavy (non-hydrogen) atoms. The lowest BCUT2D eigenvalue weighted by Gasteiger charge is -2.25. The van der Waals surface area contributed by atoms with Gasteiger partial charge in [0.15, 0.2) is 17.3 Å². The molecule has 4 rings (SSSR count). The Balaban J connectivity index is 1.55. The molecule has 1 saturated carbocycles. The molecule has 1 aliphatic carbocycles. The van der Waals surface area contributed by atoms with E-state index in [2.05, 4.69) is 35.3 Å². The van der Waals surface area contributed by atoms with Crippen molar-refractivity contribution in [3.8, 4) is 5.88 Å². The molecule has 0 unspecified atom stereocenters. The number of H-pyrrole nitrogens is 1. The van der Waals surface area contributed by atoms with E-state index in [1.807, 2.05) is 4.68 Å². The first-order chi connectivity index (χ1) is 12.6. The van der Waals surface area contributed by atoms with Crippen molar-refractivity contribution in [2.45, 2.75) is 44.4 Å². The molecular formula is C15H17F2N7O2. The monoisotopic (exact) mass is 365 g/mol. The molecule has 0 aliphatic heterocycles. The molecule has 0 bridgehead atoms. The molecule has 0 spiro atoms. The minimum absolute atomic E-state index is 0.151. The van der Waals surface area contributed by atoms with Crippen molar-refractivity contribution in [2.75, 3.05) is 5.32 Å². The summed E-state index contributed by atoms with van der Waals surface area (Å²) in [7, 11) is 0. The normalized spacial score (nSPS) is 20.6. The number of nitrogens with one attached hydrogen (secondary N) is 2. The fraction of sp³-hybridized carbons (Fsp3) is 0.467. The fourth-order valence-corrected chi connectivity index (χ4v) is 3.11. The summed E-state index contributed by atoms with van der Waals surface area (Å²) < 4.78 is 30.5. The number of nitrogens with zero attached hydrogens (tertiary/aromatic N) is 5. The number of anilines is 2. The number of aromatic nitrogens is 6. The maximum Gasteiger partial charge on any atom is 0.388 e. The molecule has 11 heteroatoms. The van der Waals surface area contributed by atoms with E-state index in [0.29, 0.717) is 17.0 Å². The highest BCUT2D eigenvalue weighted by molar-refractivity contribution is 5.72. The molecule has 1 aliphatic rings. The van der Waals surface area contributed by atoms with E-state index in [9.17, 15) is 13.9 Å². The van der Waals surface area contributed by atoms with Gasteiger partial charge in [-0.3, -0.25) is 0 Å². The lowest BCUT2D eigenvalue weighted by Crippen LogP contribution is -2.22. The van der Waals surface area contributed by atoms with Gasteiger partial charge in [-0.15, -0.1) is 0 Å². The van der Waals surface area contributed by atoms with Crippen LogP contribution in [-0.2, 0) is 0 Å². The zero-order valence-corrected chi connectivity index (χ0v) is 13.6. The zero-order valence-electron chi connectivity index (χ0n) is 13.6. The average Bonchev–Trinajstić information content (AvgIpc) is 3.22. The van der Waals surface area contributed by atoms with Gasteiger partial charge in [0.1, 0.15) is 5.52 Å². The van der Waals surface area contributed by atoms with Crippen LogP contribution in [0, 0.1) is 0 Å². The van der Waals surface area contributed by atoms with Crippen LogP contribution in [0.15, 0.2) is 18.5 Å². The minimum atomic E-state index is -2.93. The minimum Gasteiger partial charge on any atom is -0.417 e. The molecule has 3 N–H and O–H groups in total. The van der Waals surface area contributed by atoms with Crippen molar-refractivity contribution >= 4 is 22.8 Å². The smallest absolute Gasteiger partial charge is 0.388 e. The summed E-state index contributed by atoms with van der Waals surface area (Å²) in [5, 5.41) is 23.1. The second-order valence-electron chi connectivity index (χ2n) is 6.14. The van der Waals surface area contributed by atoms with E-state index in [-0.39, 0.29) is 23.8 Å². The summed E-state index contributed by atoms with van der Waals surface area (Å²) in [6, 6.07) is 1.47. The van der Waals surface area contributed by atoms with Crippen LogP contribution in [-0.4, -0.2) is 47.8 Å². The molecule has 0 saturated heterocycles.